The van der Waals surface area contributed by atoms with E-state index in [1.165, 1.54) is 12.1 Å². The van der Waals surface area contributed by atoms with E-state index in [2.05, 4.69) is 20.6 Å². The molecule has 0 saturated carbocycles. The number of hydrogen-bond acceptors (Lipinski definition) is 5. The van der Waals surface area contributed by atoms with Crippen molar-refractivity contribution in [1.29, 1.82) is 0 Å². The van der Waals surface area contributed by atoms with Gasteiger partial charge >= 0.3 is 0 Å². The Balaban J connectivity index is 1.71. The van der Waals surface area contributed by atoms with Gasteiger partial charge in [-0.1, -0.05) is 16.8 Å². The Kier molecular flexibility index (Phi) is 5.02. The van der Waals surface area contributed by atoms with Gasteiger partial charge in [-0.05, 0) is 44.2 Å². The van der Waals surface area contributed by atoms with Crippen LogP contribution < -0.4 is 5.32 Å². The molecule has 0 spiro atoms. The van der Waals surface area contributed by atoms with Gasteiger partial charge in [0, 0.05) is 12.1 Å². The highest BCUT2D eigenvalue weighted by molar-refractivity contribution is 6.31. The number of carbonyl (C=O) groups is 1. The second-order valence-electron chi connectivity index (χ2n) is 6.45. The number of benzene rings is 1. The fourth-order valence-electron chi connectivity index (χ4n) is 3.14. The number of aryl methyl sites for hydroxylation is 2. The number of nitrogens with zero attached hydrogens (tertiary/aromatic N) is 4. The summed E-state index contributed by atoms with van der Waals surface area (Å²) in [5, 5.41) is 12.0. The van der Waals surface area contributed by atoms with Crippen LogP contribution in [0, 0.1) is 12.7 Å². The molecule has 9 heteroatoms. The molecule has 0 aliphatic heterocycles. The molecule has 1 amide bonds. The van der Waals surface area contributed by atoms with Crippen LogP contribution in [0.15, 0.2) is 41.1 Å². The summed E-state index contributed by atoms with van der Waals surface area (Å²) in [5.74, 6) is -0.681. The molecule has 148 valence electrons. The van der Waals surface area contributed by atoms with E-state index in [9.17, 15) is 9.18 Å². The van der Waals surface area contributed by atoms with Crippen molar-refractivity contribution < 1.29 is 13.7 Å². The molecule has 0 radical (unpaired) electrons. The van der Waals surface area contributed by atoms with Crippen LogP contribution in [0.2, 0.25) is 5.02 Å². The first-order chi connectivity index (χ1) is 14.0. The minimum absolute atomic E-state index is 0.214. The molecule has 0 atom stereocenters. The second kappa shape index (κ2) is 7.63. The van der Waals surface area contributed by atoms with Crippen molar-refractivity contribution in [2.75, 3.05) is 0 Å². The maximum Gasteiger partial charge on any atom is 0.259 e. The Morgan fingerprint density at radius 1 is 1.31 bits per heavy atom. The number of carbonyl (C=O) groups excluding carboxylic acids is 1. The topological polar surface area (TPSA) is 85.8 Å². The molecule has 4 aromatic rings. The number of pyridine rings is 1. The van der Waals surface area contributed by atoms with E-state index < -0.39 is 0 Å². The molecule has 29 heavy (non-hydrogen) atoms. The average molecular weight is 414 g/mol. The summed E-state index contributed by atoms with van der Waals surface area (Å²) in [4.78, 5) is 17.4. The van der Waals surface area contributed by atoms with Gasteiger partial charge in [0.05, 0.1) is 45.8 Å². The van der Waals surface area contributed by atoms with Crippen molar-refractivity contribution >= 4 is 28.6 Å². The first kappa shape index (κ1) is 19.1. The standard InChI is InChI=1S/C20H17ClFN5O2/c1-3-27-17(15(21)9-24-27)10-23-19(28)14-8-16(12-4-6-13(22)7-5-12)25-20-18(14)11(2)26-29-20/h4-9H,3,10H2,1-2H3,(H,23,28). The van der Waals surface area contributed by atoms with Crippen LogP contribution in [0.4, 0.5) is 4.39 Å². The Morgan fingerprint density at radius 3 is 2.79 bits per heavy atom. The Bertz CT molecular complexity index is 1200. The lowest BCUT2D eigenvalue weighted by Gasteiger charge is -2.10. The van der Waals surface area contributed by atoms with Gasteiger partial charge in [0.1, 0.15) is 5.82 Å². The van der Waals surface area contributed by atoms with Gasteiger partial charge < -0.3 is 9.84 Å². The molecule has 0 bridgehead atoms. The summed E-state index contributed by atoms with van der Waals surface area (Å²) in [6.45, 7) is 4.53. The van der Waals surface area contributed by atoms with Crippen molar-refractivity contribution in [2.24, 2.45) is 0 Å². The SMILES string of the molecule is CCn1ncc(Cl)c1CNC(=O)c1cc(-c2ccc(F)cc2)nc2onc(C)c12. The Morgan fingerprint density at radius 2 is 2.07 bits per heavy atom. The van der Waals surface area contributed by atoms with Gasteiger partial charge in [0.15, 0.2) is 0 Å². The fraction of sp³-hybridized carbons (Fsp3) is 0.200. The smallest absolute Gasteiger partial charge is 0.259 e. The third-order valence-electron chi connectivity index (χ3n) is 4.62. The van der Waals surface area contributed by atoms with E-state index in [4.69, 9.17) is 16.1 Å². The first-order valence-corrected chi connectivity index (χ1v) is 9.37. The normalized spacial score (nSPS) is 11.2. The van der Waals surface area contributed by atoms with Crippen LogP contribution in [-0.2, 0) is 13.1 Å². The zero-order chi connectivity index (χ0) is 20.5. The van der Waals surface area contributed by atoms with Crippen LogP contribution in [-0.4, -0.2) is 25.8 Å². The number of hydrogen-bond donors (Lipinski definition) is 1. The van der Waals surface area contributed by atoms with Crippen molar-refractivity contribution in [1.82, 2.24) is 25.2 Å². The van der Waals surface area contributed by atoms with Crippen molar-refractivity contribution in [2.45, 2.75) is 26.9 Å². The molecule has 0 saturated heterocycles. The molecule has 3 heterocycles. The summed E-state index contributed by atoms with van der Waals surface area (Å²) >= 11 is 6.17. The molecule has 7 nitrogen and oxygen atoms in total. The van der Waals surface area contributed by atoms with Gasteiger partial charge in [0.25, 0.3) is 11.6 Å². The van der Waals surface area contributed by atoms with E-state index in [0.29, 0.717) is 45.2 Å². The van der Waals surface area contributed by atoms with Crippen LogP contribution >= 0.6 is 11.6 Å². The minimum Gasteiger partial charge on any atom is -0.346 e. The lowest BCUT2D eigenvalue weighted by atomic mass is 10.0. The lowest BCUT2D eigenvalue weighted by molar-refractivity contribution is 0.0951. The van der Waals surface area contributed by atoms with Crippen molar-refractivity contribution in [3.63, 3.8) is 0 Å². The highest BCUT2D eigenvalue weighted by Gasteiger charge is 2.20. The second-order valence-corrected chi connectivity index (χ2v) is 6.85. The number of fused-ring (bicyclic) bond motifs is 1. The summed E-state index contributed by atoms with van der Waals surface area (Å²) < 4.78 is 20.3. The molecule has 0 fully saturated rings. The molecule has 1 N–H and O–H groups in total. The third kappa shape index (κ3) is 3.58. The van der Waals surface area contributed by atoms with E-state index in [-0.39, 0.29) is 24.0 Å². The minimum atomic E-state index is -0.354. The summed E-state index contributed by atoms with van der Waals surface area (Å²) in [6, 6.07) is 7.50. The lowest BCUT2D eigenvalue weighted by Crippen LogP contribution is -2.25. The highest BCUT2D eigenvalue weighted by Crippen LogP contribution is 2.27. The fourth-order valence-corrected chi connectivity index (χ4v) is 3.35. The highest BCUT2D eigenvalue weighted by atomic mass is 35.5. The summed E-state index contributed by atoms with van der Waals surface area (Å²) in [6.07, 6.45) is 1.55. The summed E-state index contributed by atoms with van der Waals surface area (Å²) in [5.41, 5.74) is 3.02. The molecule has 0 aliphatic rings. The maximum absolute atomic E-state index is 13.3. The van der Waals surface area contributed by atoms with Gasteiger partial charge in [0.2, 0.25) is 0 Å². The third-order valence-corrected chi connectivity index (χ3v) is 4.93. The van der Waals surface area contributed by atoms with E-state index in [1.54, 1.807) is 36.0 Å². The monoisotopic (exact) mass is 413 g/mol. The summed E-state index contributed by atoms with van der Waals surface area (Å²) in [7, 11) is 0. The number of amides is 1. The molecule has 0 aliphatic carbocycles. The van der Waals surface area contributed by atoms with Crippen LogP contribution in [0.5, 0.6) is 0 Å². The quantitative estimate of drug-likeness (QED) is 0.531. The molecule has 3 aromatic heterocycles. The van der Waals surface area contributed by atoms with Gasteiger partial charge in [-0.15, -0.1) is 0 Å². The molecular formula is C20H17ClFN5O2. The first-order valence-electron chi connectivity index (χ1n) is 8.99. The number of aromatic nitrogens is 4. The van der Waals surface area contributed by atoms with Crippen LogP contribution in [0.1, 0.15) is 28.7 Å². The van der Waals surface area contributed by atoms with Crippen molar-refractivity contribution in [3.05, 3.63) is 64.3 Å². The maximum atomic E-state index is 13.3. The Labute approximate surface area is 170 Å². The predicted molar refractivity (Wildman–Crippen MR) is 106 cm³/mol. The number of halogens is 2. The molecular weight excluding hydrogens is 397 g/mol. The molecule has 4 rings (SSSR count). The molecule has 1 aromatic carbocycles. The van der Waals surface area contributed by atoms with Gasteiger partial charge in [-0.25, -0.2) is 9.37 Å². The van der Waals surface area contributed by atoms with Gasteiger partial charge in [-0.2, -0.15) is 5.10 Å². The van der Waals surface area contributed by atoms with E-state index >= 15 is 0 Å². The average Bonchev–Trinajstić information content (AvgIpc) is 3.28. The number of rotatable bonds is 5. The molecule has 0 unspecified atom stereocenters. The zero-order valence-electron chi connectivity index (χ0n) is 15.7. The van der Waals surface area contributed by atoms with Crippen molar-refractivity contribution in [3.8, 4) is 11.3 Å². The van der Waals surface area contributed by atoms with Crippen LogP contribution in [0.3, 0.4) is 0 Å². The van der Waals surface area contributed by atoms with Gasteiger partial charge in [-0.3, -0.25) is 9.48 Å². The number of nitrogens with one attached hydrogen (secondary N) is 1. The predicted octanol–water partition coefficient (Wildman–Crippen LogP) is 4.14. The zero-order valence-corrected chi connectivity index (χ0v) is 16.5. The Hall–Kier alpha value is -3.26. The largest absolute Gasteiger partial charge is 0.346 e. The van der Waals surface area contributed by atoms with Crippen LogP contribution in [0.25, 0.3) is 22.4 Å². The van der Waals surface area contributed by atoms with E-state index in [1.807, 2.05) is 6.92 Å². The van der Waals surface area contributed by atoms with E-state index in [0.717, 1.165) is 0 Å².